The minimum atomic E-state index is 0.598. The number of oxazole rings is 1. The minimum absolute atomic E-state index is 0.598. The summed E-state index contributed by atoms with van der Waals surface area (Å²) >= 11 is 1.52. The van der Waals surface area contributed by atoms with Gasteiger partial charge in [-0.05, 0) is 12.1 Å². The predicted octanol–water partition coefficient (Wildman–Crippen LogP) is 1.83. The zero-order chi connectivity index (χ0) is 12.5. The van der Waals surface area contributed by atoms with E-state index in [4.69, 9.17) is 10.2 Å². The lowest BCUT2D eigenvalue weighted by Crippen LogP contribution is -1.93. The van der Waals surface area contributed by atoms with Gasteiger partial charge in [0.05, 0.1) is 11.4 Å². The van der Waals surface area contributed by atoms with Crippen molar-refractivity contribution >= 4 is 28.5 Å². The molecule has 0 bridgehead atoms. The first-order valence-electron chi connectivity index (χ1n) is 5.35. The number of aromatic nitrogens is 4. The van der Waals surface area contributed by atoms with Crippen molar-refractivity contribution in [2.24, 2.45) is 7.05 Å². The molecule has 2 heterocycles. The fourth-order valence-corrected chi connectivity index (χ4v) is 2.35. The molecule has 0 saturated heterocycles. The molecule has 0 aliphatic carbocycles. The van der Waals surface area contributed by atoms with Crippen molar-refractivity contribution in [2.75, 3.05) is 5.73 Å². The molecule has 0 amide bonds. The molecule has 0 unspecified atom stereocenters. The van der Waals surface area contributed by atoms with Gasteiger partial charge in [-0.2, -0.15) is 5.10 Å². The molecule has 18 heavy (non-hydrogen) atoms. The molecule has 0 aliphatic rings. The van der Waals surface area contributed by atoms with Crippen LogP contribution >= 0.6 is 11.8 Å². The van der Waals surface area contributed by atoms with Crippen LogP contribution < -0.4 is 5.73 Å². The first-order chi connectivity index (χ1) is 8.74. The van der Waals surface area contributed by atoms with Gasteiger partial charge in [0, 0.05) is 7.05 Å². The van der Waals surface area contributed by atoms with Crippen molar-refractivity contribution in [2.45, 2.75) is 10.9 Å². The number of fused-ring (bicyclic) bond motifs is 1. The van der Waals surface area contributed by atoms with E-state index in [2.05, 4.69) is 15.1 Å². The largest absolute Gasteiger partial charge is 0.440 e. The van der Waals surface area contributed by atoms with Crippen LogP contribution in [0.3, 0.4) is 0 Å². The molecule has 0 saturated carbocycles. The van der Waals surface area contributed by atoms with Gasteiger partial charge >= 0.3 is 0 Å². The summed E-state index contributed by atoms with van der Waals surface area (Å²) in [6, 6.07) is 5.52. The summed E-state index contributed by atoms with van der Waals surface area (Å²) < 4.78 is 7.33. The van der Waals surface area contributed by atoms with Gasteiger partial charge in [-0.15, -0.1) is 0 Å². The van der Waals surface area contributed by atoms with Crippen LogP contribution in [0.5, 0.6) is 0 Å². The van der Waals surface area contributed by atoms with Crippen molar-refractivity contribution in [3.63, 3.8) is 0 Å². The van der Waals surface area contributed by atoms with Gasteiger partial charge < -0.3 is 10.2 Å². The van der Waals surface area contributed by atoms with E-state index >= 15 is 0 Å². The number of nitrogens with two attached hydrogens (primary N) is 1. The highest BCUT2D eigenvalue weighted by molar-refractivity contribution is 7.98. The van der Waals surface area contributed by atoms with Gasteiger partial charge in [0.25, 0.3) is 0 Å². The van der Waals surface area contributed by atoms with Crippen LogP contribution in [0.15, 0.2) is 34.1 Å². The SMILES string of the molecule is Cn1ncnc1SCc1nc2c(N)cccc2o1. The molecular formula is C11H11N5OS. The summed E-state index contributed by atoms with van der Waals surface area (Å²) in [4.78, 5) is 8.49. The van der Waals surface area contributed by atoms with Gasteiger partial charge in [0.2, 0.25) is 5.89 Å². The maximum absolute atomic E-state index is 5.83. The monoisotopic (exact) mass is 261 g/mol. The Labute approximate surface area is 107 Å². The lowest BCUT2D eigenvalue weighted by molar-refractivity contribution is 0.555. The number of rotatable bonds is 3. The molecule has 0 radical (unpaired) electrons. The molecule has 2 aromatic heterocycles. The van der Waals surface area contributed by atoms with Crippen LogP contribution in [0.1, 0.15) is 5.89 Å². The quantitative estimate of drug-likeness (QED) is 0.572. The molecule has 2 N–H and O–H groups in total. The highest BCUT2D eigenvalue weighted by Crippen LogP contribution is 2.25. The van der Waals surface area contributed by atoms with E-state index in [0.717, 1.165) is 5.16 Å². The Hall–Kier alpha value is -2.02. The summed E-state index contributed by atoms with van der Waals surface area (Å²) in [5.41, 5.74) is 7.88. The fourth-order valence-electron chi connectivity index (χ4n) is 1.62. The number of hydrogen-bond donors (Lipinski definition) is 1. The number of para-hydroxylation sites is 1. The smallest absolute Gasteiger partial charge is 0.206 e. The maximum Gasteiger partial charge on any atom is 0.206 e. The van der Waals surface area contributed by atoms with E-state index in [0.29, 0.717) is 28.4 Å². The third-order valence-electron chi connectivity index (χ3n) is 2.49. The van der Waals surface area contributed by atoms with Gasteiger partial charge in [-0.1, -0.05) is 17.8 Å². The lowest BCUT2D eigenvalue weighted by atomic mass is 10.3. The Morgan fingerprint density at radius 1 is 1.44 bits per heavy atom. The topological polar surface area (TPSA) is 82.8 Å². The Morgan fingerprint density at radius 2 is 2.33 bits per heavy atom. The van der Waals surface area contributed by atoms with Crippen LogP contribution in [0.25, 0.3) is 11.1 Å². The molecule has 0 atom stereocenters. The number of nitrogens with zero attached hydrogens (tertiary/aromatic N) is 4. The van der Waals surface area contributed by atoms with Gasteiger partial charge in [-0.25, -0.2) is 14.6 Å². The molecule has 3 aromatic rings. The second-order valence-electron chi connectivity index (χ2n) is 3.76. The molecule has 6 nitrogen and oxygen atoms in total. The number of anilines is 1. The Kier molecular flexibility index (Phi) is 2.67. The van der Waals surface area contributed by atoms with Crippen molar-refractivity contribution in [1.29, 1.82) is 0 Å². The van der Waals surface area contributed by atoms with E-state index in [-0.39, 0.29) is 0 Å². The molecule has 0 aliphatic heterocycles. The van der Waals surface area contributed by atoms with Crippen LogP contribution in [-0.2, 0) is 12.8 Å². The van der Waals surface area contributed by atoms with Crippen molar-refractivity contribution < 1.29 is 4.42 Å². The maximum atomic E-state index is 5.83. The number of hydrogen-bond acceptors (Lipinski definition) is 6. The average Bonchev–Trinajstić information content (AvgIpc) is 2.93. The zero-order valence-electron chi connectivity index (χ0n) is 9.70. The van der Waals surface area contributed by atoms with E-state index < -0.39 is 0 Å². The number of thioether (sulfide) groups is 1. The van der Waals surface area contributed by atoms with Gasteiger partial charge in [-0.3, -0.25) is 0 Å². The number of aryl methyl sites for hydroxylation is 1. The standard InChI is InChI=1S/C11H11N5OS/c1-16-11(13-6-14-16)18-5-9-15-10-7(12)3-2-4-8(10)17-9/h2-4,6H,5,12H2,1H3. The summed E-state index contributed by atoms with van der Waals surface area (Å²) in [5, 5.41) is 4.82. The lowest BCUT2D eigenvalue weighted by Gasteiger charge is -1.96. The Bertz CT molecular complexity index is 690. The molecule has 0 spiro atoms. The zero-order valence-corrected chi connectivity index (χ0v) is 10.5. The third kappa shape index (κ3) is 1.92. The van der Waals surface area contributed by atoms with Crippen LogP contribution in [0.4, 0.5) is 5.69 Å². The number of benzene rings is 1. The Balaban J connectivity index is 1.83. The summed E-state index contributed by atoms with van der Waals surface area (Å²) in [7, 11) is 1.85. The highest BCUT2D eigenvalue weighted by Gasteiger charge is 2.10. The first kappa shape index (κ1) is 11.1. The van der Waals surface area contributed by atoms with Crippen molar-refractivity contribution in [3.05, 3.63) is 30.4 Å². The molecule has 92 valence electrons. The number of nitrogen functional groups attached to an aromatic ring is 1. The summed E-state index contributed by atoms with van der Waals surface area (Å²) in [6.07, 6.45) is 1.52. The van der Waals surface area contributed by atoms with Crippen LogP contribution in [-0.4, -0.2) is 19.7 Å². The summed E-state index contributed by atoms with van der Waals surface area (Å²) in [5.74, 6) is 1.23. The predicted molar refractivity (Wildman–Crippen MR) is 69.0 cm³/mol. The van der Waals surface area contributed by atoms with E-state index in [1.54, 1.807) is 4.68 Å². The van der Waals surface area contributed by atoms with E-state index in [1.165, 1.54) is 18.1 Å². The molecular weight excluding hydrogens is 250 g/mol. The second-order valence-corrected chi connectivity index (χ2v) is 4.70. The van der Waals surface area contributed by atoms with E-state index in [1.807, 2.05) is 25.2 Å². The third-order valence-corrected chi connectivity index (χ3v) is 3.51. The molecule has 0 fully saturated rings. The fraction of sp³-hybridized carbons (Fsp3) is 0.182. The average molecular weight is 261 g/mol. The van der Waals surface area contributed by atoms with Crippen molar-refractivity contribution in [3.8, 4) is 0 Å². The Morgan fingerprint density at radius 3 is 3.06 bits per heavy atom. The molecule has 7 heteroatoms. The van der Waals surface area contributed by atoms with Gasteiger partial charge in [0.15, 0.2) is 10.7 Å². The van der Waals surface area contributed by atoms with E-state index in [9.17, 15) is 0 Å². The van der Waals surface area contributed by atoms with Crippen LogP contribution in [0.2, 0.25) is 0 Å². The molecule has 3 rings (SSSR count). The van der Waals surface area contributed by atoms with Crippen LogP contribution in [0, 0.1) is 0 Å². The highest BCUT2D eigenvalue weighted by atomic mass is 32.2. The van der Waals surface area contributed by atoms with Gasteiger partial charge in [0.1, 0.15) is 11.8 Å². The normalized spacial score (nSPS) is 11.2. The summed E-state index contributed by atoms with van der Waals surface area (Å²) in [6.45, 7) is 0. The minimum Gasteiger partial charge on any atom is -0.440 e. The van der Waals surface area contributed by atoms with Crippen molar-refractivity contribution in [1.82, 2.24) is 19.7 Å². The first-order valence-corrected chi connectivity index (χ1v) is 6.33. The second kappa shape index (κ2) is 4.34. The molecule has 1 aromatic carbocycles.